The number of rotatable bonds is 7. The summed E-state index contributed by atoms with van der Waals surface area (Å²) in [5.74, 6) is -0.0944. The van der Waals surface area contributed by atoms with Gasteiger partial charge >= 0.3 is 0 Å². The molecule has 0 spiro atoms. The predicted molar refractivity (Wildman–Crippen MR) is 117 cm³/mol. The second kappa shape index (κ2) is 12.6. The number of carbonyl (C=O) groups is 1. The monoisotopic (exact) mass is 434 g/mol. The van der Waals surface area contributed by atoms with E-state index in [-0.39, 0.29) is 30.7 Å². The Morgan fingerprint density at radius 3 is 2.54 bits per heavy atom. The third-order valence-electron chi connectivity index (χ3n) is 5.97. The highest BCUT2D eigenvalue weighted by Gasteiger charge is 2.23. The largest absolute Gasteiger partial charge is 0.351 e. The molecule has 0 unspecified atom stereocenters. The van der Waals surface area contributed by atoms with Crippen molar-refractivity contribution in [3.05, 3.63) is 11.4 Å². The van der Waals surface area contributed by atoms with E-state index in [0.717, 1.165) is 50.6 Å². The van der Waals surface area contributed by atoms with Gasteiger partial charge < -0.3 is 15.5 Å². The van der Waals surface area contributed by atoms with E-state index < -0.39 is 0 Å². The molecule has 1 aliphatic heterocycles. The number of nitrogens with one attached hydrogen (secondary N) is 2. The fourth-order valence-corrected chi connectivity index (χ4v) is 4.27. The van der Waals surface area contributed by atoms with Crippen LogP contribution >= 0.6 is 24.8 Å². The van der Waals surface area contributed by atoms with Crippen molar-refractivity contribution in [2.45, 2.75) is 70.4 Å². The number of hydrogen-bond acceptors (Lipinski definition) is 5. The van der Waals surface area contributed by atoms with E-state index in [1.165, 1.54) is 32.1 Å². The summed E-state index contributed by atoms with van der Waals surface area (Å²) < 4.78 is 1.94. The summed E-state index contributed by atoms with van der Waals surface area (Å²) in [5, 5.41) is 14.8. The Kier molecular flexibility index (Phi) is 11.3. The summed E-state index contributed by atoms with van der Waals surface area (Å²) in [7, 11) is 2.21. The Labute approximate surface area is 181 Å². The lowest BCUT2D eigenvalue weighted by atomic mass is 9.94. The van der Waals surface area contributed by atoms with E-state index in [9.17, 15) is 4.79 Å². The predicted octanol–water partition coefficient (Wildman–Crippen LogP) is 2.74. The van der Waals surface area contributed by atoms with Crippen LogP contribution in [0.25, 0.3) is 0 Å². The van der Waals surface area contributed by atoms with Gasteiger partial charge in [0.1, 0.15) is 0 Å². The summed E-state index contributed by atoms with van der Waals surface area (Å²) in [4.78, 5) is 14.9. The first-order valence-corrected chi connectivity index (χ1v) is 10.3. The van der Waals surface area contributed by atoms with Gasteiger partial charge in [-0.3, -0.25) is 4.79 Å². The minimum absolute atomic E-state index is 0. The van der Waals surface area contributed by atoms with Crippen molar-refractivity contribution in [2.75, 3.05) is 33.2 Å². The van der Waals surface area contributed by atoms with Crippen LogP contribution in [0.2, 0.25) is 0 Å². The maximum absolute atomic E-state index is 12.5. The topological polar surface area (TPSA) is 75.1 Å². The molecule has 7 nitrogen and oxygen atoms in total. The quantitative estimate of drug-likeness (QED) is 0.645. The van der Waals surface area contributed by atoms with Crippen LogP contribution in [0.1, 0.15) is 73.6 Å². The maximum atomic E-state index is 12.5. The standard InChI is InChI=1S/C19H34N6O.2ClH/c1-15-18(22-23-25(15)17-9-12-20-13-10-17)19(26)21-11-6-14-24(2)16-7-4-3-5-8-16;;/h16-17,20H,3-14H2,1-2H3,(H,21,26);2*1H. The molecule has 2 aliphatic rings. The zero-order valence-electron chi connectivity index (χ0n) is 17.2. The average molecular weight is 435 g/mol. The molecule has 162 valence electrons. The first-order chi connectivity index (χ1) is 12.7. The summed E-state index contributed by atoms with van der Waals surface area (Å²) in [6.07, 6.45) is 9.80. The number of amides is 1. The van der Waals surface area contributed by atoms with Gasteiger partial charge in [0, 0.05) is 12.6 Å². The normalized spacial score (nSPS) is 18.4. The molecule has 1 aromatic rings. The van der Waals surface area contributed by atoms with E-state index in [1.54, 1.807) is 0 Å². The van der Waals surface area contributed by atoms with Gasteiger partial charge in [-0.1, -0.05) is 24.5 Å². The molecule has 0 radical (unpaired) electrons. The molecule has 0 bridgehead atoms. The number of aromatic nitrogens is 3. The highest BCUT2D eigenvalue weighted by atomic mass is 35.5. The van der Waals surface area contributed by atoms with Gasteiger partial charge in [0.2, 0.25) is 0 Å². The van der Waals surface area contributed by atoms with Crippen molar-refractivity contribution in [3.8, 4) is 0 Å². The number of halogens is 2. The van der Waals surface area contributed by atoms with Crippen molar-refractivity contribution in [1.82, 2.24) is 30.5 Å². The van der Waals surface area contributed by atoms with E-state index in [1.807, 2.05) is 11.6 Å². The van der Waals surface area contributed by atoms with Crippen LogP contribution in [-0.4, -0.2) is 65.1 Å². The molecule has 1 saturated heterocycles. The van der Waals surface area contributed by atoms with Crippen molar-refractivity contribution < 1.29 is 4.79 Å². The lowest BCUT2D eigenvalue weighted by molar-refractivity contribution is 0.0944. The van der Waals surface area contributed by atoms with Crippen LogP contribution < -0.4 is 10.6 Å². The molecule has 1 aromatic heterocycles. The fourth-order valence-electron chi connectivity index (χ4n) is 4.27. The first kappa shape index (κ1) is 25.1. The van der Waals surface area contributed by atoms with Crippen LogP contribution in [0.4, 0.5) is 0 Å². The van der Waals surface area contributed by atoms with Crippen molar-refractivity contribution >= 4 is 30.7 Å². The number of piperidine rings is 1. The second-order valence-corrected chi connectivity index (χ2v) is 7.83. The van der Waals surface area contributed by atoms with Gasteiger partial charge in [0.15, 0.2) is 5.69 Å². The van der Waals surface area contributed by atoms with E-state index in [4.69, 9.17) is 0 Å². The highest BCUT2D eigenvalue weighted by Crippen LogP contribution is 2.22. The van der Waals surface area contributed by atoms with Crippen molar-refractivity contribution in [2.24, 2.45) is 0 Å². The zero-order valence-corrected chi connectivity index (χ0v) is 18.8. The molecule has 3 rings (SSSR count). The van der Waals surface area contributed by atoms with E-state index >= 15 is 0 Å². The van der Waals surface area contributed by atoms with Crippen LogP contribution in [0.15, 0.2) is 0 Å². The van der Waals surface area contributed by atoms with Gasteiger partial charge in [-0.05, 0) is 65.7 Å². The van der Waals surface area contributed by atoms with Crippen LogP contribution in [-0.2, 0) is 0 Å². The minimum Gasteiger partial charge on any atom is -0.351 e. The number of nitrogens with zero attached hydrogens (tertiary/aromatic N) is 4. The Morgan fingerprint density at radius 1 is 1.18 bits per heavy atom. The molecule has 2 fully saturated rings. The molecule has 1 amide bonds. The lowest BCUT2D eigenvalue weighted by Crippen LogP contribution is -2.36. The molecule has 9 heteroatoms. The number of carbonyl (C=O) groups excluding carboxylic acids is 1. The van der Waals surface area contributed by atoms with E-state index in [0.29, 0.717) is 18.3 Å². The van der Waals surface area contributed by atoms with Gasteiger partial charge in [-0.25, -0.2) is 4.68 Å². The Hall–Kier alpha value is -0.890. The number of hydrogen-bond donors (Lipinski definition) is 2. The average Bonchev–Trinajstić information content (AvgIpc) is 3.07. The molecule has 1 saturated carbocycles. The summed E-state index contributed by atoms with van der Waals surface area (Å²) in [5.41, 5.74) is 1.36. The van der Waals surface area contributed by atoms with Gasteiger partial charge in [-0.15, -0.1) is 29.9 Å². The van der Waals surface area contributed by atoms with Crippen LogP contribution in [0, 0.1) is 6.92 Å². The Morgan fingerprint density at radius 2 is 1.86 bits per heavy atom. The SMILES string of the molecule is Cc1c(C(=O)NCCCN(C)C2CCCCC2)nnn1C1CCNCC1.Cl.Cl. The lowest BCUT2D eigenvalue weighted by Gasteiger charge is -2.31. The Bertz CT molecular complexity index is 585. The zero-order chi connectivity index (χ0) is 18.4. The van der Waals surface area contributed by atoms with Crippen LogP contribution in [0.3, 0.4) is 0 Å². The van der Waals surface area contributed by atoms with Crippen LogP contribution in [0.5, 0.6) is 0 Å². The smallest absolute Gasteiger partial charge is 0.273 e. The van der Waals surface area contributed by atoms with Gasteiger partial charge in [-0.2, -0.15) is 0 Å². The van der Waals surface area contributed by atoms with E-state index in [2.05, 4.69) is 32.9 Å². The minimum atomic E-state index is -0.0944. The Balaban J connectivity index is 0.00000196. The summed E-state index contributed by atoms with van der Waals surface area (Å²) >= 11 is 0. The first-order valence-electron chi connectivity index (χ1n) is 10.3. The highest BCUT2D eigenvalue weighted by molar-refractivity contribution is 5.93. The molecule has 2 heterocycles. The summed E-state index contributed by atoms with van der Waals surface area (Å²) in [6, 6.07) is 1.08. The maximum Gasteiger partial charge on any atom is 0.273 e. The molecule has 0 atom stereocenters. The van der Waals surface area contributed by atoms with Gasteiger partial charge in [0.05, 0.1) is 11.7 Å². The molecular weight excluding hydrogens is 399 g/mol. The molecule has 0 aromatic carbocycles. The van der Waals surface area contributed by atoms with Crippen molar-refractivity contribution in [3.63, 3.8) is 0 Å². The third-order valence-corrected chi connectivity index (χ3v) is 5.97. The second-order valence-electron chi connectivity index (χ2n) is 7.83. The molecule has 28 heavy (non-hydrogen) atoms. The fraction of sp³-hybridized carbons (Fsp3) is 0.842. The molecule has 1 aliphatic carbocycles. The molecular formula is C19H36Cl2N6O. The summed E-state index contributed by atoms with van der Waals surface area (Å²) in [6.45, 7) is 5.68. The molecule has 2 N–H and O–H groups in total. The van der Waals surface area contributed by atoms with Gasteiger partial charge in [0.25, 0.3) is 5.91 Å². The third kappa shape index (κ3) is 6.58. The van der Waals surface area contributed by atoms with Crippen molar-refractivity contribution in [1.29, 1.82) is 0 Å².